The molecule has 28 heavy (non-hydrogen) atoms. The lowest BCUT2D eigenvalue weighted by atomic mass is 10.1. The van der Waals surface area contributed by atoms with Gasteiger partial charge in [0.1, 0.15) is 5.58 Å². The molecule has 0 aliphatic rings. The molecule has 0 aliphatic heterocycles. The zero-order chi connectivity index (χ0) is 19.8. The number of carbonyl (C=O) groups excluding carboxylic acids is 1. The molecule has 0 spiro atoms. The van der Waals surface area contributed by atoms with Crippen molar-refractivity contribution < 1.29 is 19.1 Å². The number of esters is 1. The van der Waals surface area contributed by atoms with Crippen LogP contribution < -0.4 is 4.74 Å². The molecule has 0 atom stereocenters. The molecule has 1 aromatic heterocycles. The Morgan fingerprint density at radius 2 is 1.54 bits per heavy atom. The SMILES string of the molecule is CCCCCCCCCCCC(=O)Oc1c(O)oc2cc3ccccc3cc12. The fourth-order valence-corrected chi connectivity index (χ4v) is 3.59. The van der Waals surface area contributed by atoms with Crippen molar-refractivity contribution in [2.45, 2.75) is 71.1 Å². The third kappa shape index (κ3) is 5.28. The monoisotopic (exact) mass is 382 g/mol. The van der Waals surface area contributed by atoms with Gasteiger partial charge in [0, 0.05) is 6.42 Å². The summed E-state index contributed by atoms with van der Waals surface area (Å²) in [4.78, 5) is 12.2. The van der Waals surface area contributed by atoms with Crippen molar-refractivity contribution in [3.05, 3.63) is 36.4 Å². The summed E-state index contributed by atoms with van der Waals surface area (Å²) in [6.07, 6.45) is 11.1. The zero-order valence-electron chi connectivity index (χ0n) is 16.7. The summed E-state index contributed by atoms with van der Waals surface area (Å²) in [5.74, 6) is -0.540. The Morgan fingerprint density at radius 1 is 0.929 bits per heavy atom. The van der Waals surface area contributed by atoms with Gasteiger partial charge in [-0.05, 0) is 29.3 Å². The van der Waals surface area contributed by atoms with E-state index in [-0.39, 0.29) is 17.7 Å². The molecule has 3 aromatic rings. The normalized spacial score (nSPS) is 11.3. The van der Waals surface area contributed by atoms with Crippen LogP contribution in [0.25, 0.3) is 21.7 Å². The van der Waals surface area contributed by atoms with Crippen LogP contribution >= 0.6 is 0 Å². The van der Waals surface area contributed by atoms with Crippen molar-refractivity contribution in [1.29, 1.82) is 0 Å². The largest absolute Gasteiger partial charge is 0.478 e. The van der Waals surface area contributed by atoms with E-state index in [2.05, 4.69) is 6.92 Å². The van der Waals surface area contributed by atoms with Gasteiger partial charge in [-0.25, -0.2) is 0 Å². The van der Waals surface area contributed by atoms with Crippen LogP contribution in [0.5, 0.6) is 11.7 Å². The molecule has 0 fully saturated rings. The first kappa shape index (κ1) is 20.2. The van der Waals surface area contributed by atoms with E-state index in [9.17, 15) is 9.90 Å². The van der Waals surface area contributed by atoms with E-state index in [1.807, 2.05) is 36.4 Å². The Kier molecular flexibility index (Phi) is 7.35. The minimum absolute atomic E-state index is 0.127. The number of aromatic hydroxyl groups is 1. The quantitative estimate of drug-likeness (QED) is 0.283. The van der Waals surface area contributed by atoms with E-state index in [1.165, 1.54) is 38.5 Å². The molecule has 0 aliphatic carbocycles. The minimum atomic E-state index is -0.342. The maximum absolute atomic E-state index is 12.2. The zero-order valence-corrected chi connectivity index (χ0v) is 16.7. The number of carbonyl (C=O) groups is 1. The average Bonchev–Trinajstić information content (AvgIpc) is 2.99. The molecule has 4 heteroatoms. The summed E-state index contributed by atoms with van der Waals surface area (Å²) in [7, 11) is 0. The second-order valence-corrected chi connectivity index (χ2v) is 7.48. The van der Waals surface area contributed by atoms with Gasteiger partial charge in [0.2, 0.25) is 5.75 Å². The molecule has 150 valence electrons. The third-order valence-corrected chi connectivity index (χ3v) is 5.19. The first-order chi connectivity index (χ1) is 13.7. The molecular weight excluding hydrogens is 352 g/mol. The lowest BCUT2D eigenvalue weighted by molar-refractivity contribution is -0.134. The first-order valence-corrected chi connectivity index (χ1v) is 10.5. The van der Waals surface area contributed by atoms with Crippen LogP contribution in [0.4, 0.5) is 0 Å². The van der Waals surface area contributed by atoms with Gasteiger partial charge >= 0.3 is 11.9 Å². The van der Waals surface area contributed by atoms with Crippen molar-refractivity contribution in [3.8, 4) is 11.7 Å². The van der Waals surface area contributed by atoms with Gasteiger partial charge < -0.3 is 14.3 Å². The summed E-state index contributed by atoms with van der Waals surface area (Å²) in [5, 5.41) is 12.7. The molecule has 1 N–H and O–H groups in total. The van der Waals surface area contributed by atoms with E-state index in [4.69, 9.17) is 9.15 Å². The van der Waals surface area contributed by atoms with Crippen molar-refractivity contribution in [2.24, 2.45) is 0 Å². The van der Waals surface area contributed by atoms with E-state index in [0.717, 1.165) is 30.0 Å². The van der Waals surface area contributed by atoms with Crippen LogP contribution in [0.1, 0.15) is 71.1 Å². The Hall–Kier alpha value is -2.49. The van der Waals surface area contributed by atoms with Crippen molar-refractivity contribution in [3.63, 3.8) is 0 Å². The van der Waals surface area contributed by atoms with Crippen LogP contribution in [0, 0.1) is 0 Å². The van der Waals surface area contributed by atoms with Gasteiger partial charge in [0.05, 0.1) is 5.39 Å². The Morgan fingerprint density at radius 3 is 2.21 bits per heavy atom. The van der Waals surface area contributed by atoms with E-state index >= 15 is 0 Å². The minimum Gasteiger partial charge on any atom is -0.478 e. The first-order valence-electron chi connectivity index (χ1n) is 10.5. The highest BCUT2D eigenvalue weighted by atomic mass is 16.6. The predicted octanol–water partition coefficient (Wildman–Crippen LogP) is 7.12. The molecule has 0 amide bonds. The highest BCUT2D eigenvalue weighted by molar-refractivity contribution is 6.00. The Bertz CT molecular complexity index is 910. The fourth-order valence-electron chi connectivity index (χ4n) is 3.59. The summed E-state index contributed by atoms with van der Waals surface area (Å²) in [6.45, 7) is 2.23. The molecule has 0 unspecified atom stereocenters. The van der Waals surface area contributed by atoms with Gasteiger partial charge in [-0.1, -0.05) is 82.6 Å². The van der Waals surface area contributed by atoms with Crippen molar-refractivity contribution in [2.75, 3.05) is 0 Å². The summed E-state index contributed by atoms with van der Waals surface area (Å²) < 4.78 is 10.8. The maximum Gasteiger partial charge on any atom is 0.328 e. The molecule has 0 radical (unpaired) electrons. The number of hydrogen-bond donors (Lipinski definition) is 1. The number of rotatable bonds is 11. The number of ether oxygens (including phenoxy) is 1. The van der Waals surface area contributed by atoms with Gasteiger partial charge in [-0.15, -0.1) is 0 Å². The highest BCUT2D eigenvalue weighted by Gasteiger charge is 2.19. The molecule has 3 rings (SSSR count). The van der Waals surface area contributed by atoms with Crippen molar-refractivity contribution >= 4 is 27.7 Å². The average molecular weight is 383 g/mol. The van der Waals surface area contributed by atoms with E-state index in [0.29, 0.717) is 17.4 Å². The van der Waals surface area contributed by atoms with Crippen LogP contribution in [0.3, 0.4) is 0 Å². The number of benzene rings is 2. The van der Waals surface area contributed by atoms with Crippen LogP contribution in [-0.4, -0.2) is 11.1 Å². The van der Waals surface area contributed by atoms with E-state index < -0.39 is 0 Å². The van der Waals surface area contributed by atoms with E-state index in [1.54, 1.807) is 0 Å². The highest BCUT2D eigenvalue weighted by Crippen LogP contribution is 2.40. The summed E-state index contributed by atoms with van der Waals surface area (Å²) in [6, 6.07) is 11.6. The molecular formula is C24H30O4. The van der Waals surface area contributed by atoms with Gasteiger partial charge in [0.25, 0.3) is 0 Å². The van der Waals surface area contributed by atoms with Gasteiger partial charge in [-0.2, -0.15) is 0 Å². The fraction of sp³-hybridized carbons (Fsp3) is 0.458. The second-order valence-electron chi connectivity index (χ2n) is 7.48. The third-order valence-electron chi connectivity index (χ3n) is 5.19. The second kappa shape index (κ2) is 10.2. The van der Waals surface area contributed by atoms with Gasteiger partial charge in [0.15, 0.2) is 0 Å². The standard InChI is InChI=1S/C24H30O4/c1-2-3-4-5-6-7-8-9-10-15-22(25)28-23-20-16-18-13-11-12-14-19(18)17-21(20)27-24(23)26/h11-14,16-17,26H,2-10,15H2,1H3. The summed E-state index contributed by atoms with van der Waals surface area (Å²) >= 11 is 0. The van der Waals surface area contributed by atoms with Crippen LogP contribution in [0.15, 0.2) is 40.8 Å². The van der Waals surface area contributed by atoms with Gasteiger partial charge in [-0.3, -0.25) is 4.79 Å². The smallest absolute Gasteiger partial charge is 0.328 e. The molecule has 4 nitrogen and oxygen atoms in total. The van der Waals surface area contributed by atoms with Crippen molar-refractivity contribution in [1.82, 2.24) is 0 Å². The summed E-state index contributed by atoms with van der Waals surface area (Å²) in [5.41, 5.74) is 0.516. The molecule has 0 saturated heterocycles. The van der Waals surface area contributed by atoms with Crippen LogP contribution in [-0.2, 0) is 4.79 Å². The van der Waals surface area contributed by atoms with Crippen LogP contribution in [0.2, 0.25) is 0 Å². The Balaban J connectivity index is 1.48. The number of hydrogen-bond acceptors (Lipinski definition) is 4. The molecule has 1 heterocycles. The predicted molar refractivity (Wildman–Crippen MR) is 113 cm³/mol. The molecule has 2 aromatic carbocycles. The number of unbranched alkanes of at least 4 members (excludes halogenated alkanes) is 8. The molecule has 0 bridgehead atoms. The lowest BCUT2D eigenvalue weighted by Gasteiger charge is -2.04. The number of furan rings is 1. The topological polar surface area (TPSA) is 59.7 Å². The number of fused-ring (bicyclic) bond motifs is 2. The Labute approximate surface area is 166 Å². The lowest BCUT2D eigenvalue weighted by Crippen LogP contribution is -2.07. The maximum atomic E-state index is 12.2. The molecule has 0 saturated carbocycles.